The molecule has 0 unspecified atom stereocenters. The van der Waals surface area contributed by atoms with Crippen molar-refractivity contribution in [2.75, 3.05) is 45.9 Å². The van der Waals surface area contributed by atoms with Gasteiger partial charge < -0.3 is 14.4 Å². The molecule has 4 nitrogen and oxygen atoms in total. The van der Waals surface area contributed by atoms with Crippen LogP contribution in [0.25, 0.3) is 0 Å². The van der Waals surface area contributed by atoms with Gasteiger partial charge in [0, 0.05) is 39.3 Å². The van der Waals surface area contributed by atoms with E-state index in [0.717, 1.165) is 37.1 Å². The third kappa shape index (κ3) is 3.89. The van der Waals surface area contributed by atoms with Crippen molar-refractivity contribution in [3.63, 3.8) is 0 Å². The summed E-state index contributed by atoms with van der Waals surface area (Å²) in [5, 5.41) is 0. The number of rotatable bonds is 4. The Hall–Kier alpha value is -1.26. The zero-order valence-electron chi connectivity index (χ0n) is 13.1. The van der Waals surface area contributed by atoms with Gasteiger partial charge in [-0.1, -0.05) is 26.0 Å². The maximum atomic E-state index is 6.05. The van der Waals surface area contributed by atoms with Crippen LogP contribution in [0.5, 0.6) is 11.5 Å². The first kappa shape index (κ1) is 14.7. The van der Waals surface area contributed by atoms with Gasteiger partial charge >= 0.3 is 0 Å². The van der Waals surface area contributed by atoms with E-state index < -0.39 is 0 Å². The Morgan fingerprint density at radius 3 is 2.43 bits per heavy atom. The molecule has 0 radical (unpaired) electrons. The smallest absolute Gasteiger partial charge is 0.161 e. The van der Waals surface area contributed by atoms with E-state index in [2.05, 4.69) is 23.6 Å². The molecule has 0 aliphatic carbocycles. The van der Waals surface area contributed by atoms with Crippen LogP contribution in [0.1, 0.15) is 13.8 Å². The van der Waals surface area contributed by atoms with Gasteiger partial charge in [-0.05, 0) is 18.1 Å². The van der Waals surface area contributed by atoms with Gasteiger partial charge in [0.05, 0.1) is 0 Å². The van der Waals surface area contributed by atoms with Gasteiger partial charge in [0.1, 0.15) is 12.7 Å². The number of ether oxygens (including phenoxy) is 2. The predicted molar refractivity (Wildman–Crippen MR) is 84.1 cm³/mol. The van der Waals surface area contributed by atoms with E-state index in [0.29, 0.717) is 6.61 Å². The molecule has 2 heterocycles. The summed E-state index contributed by atoms with van der Waals surface area (Å²) in [5.74, 6) is 2.51. The van der Waals surface area contributed by atoms with Crippen molar-refractivity contribution in [1.29, 1.82) is 0 Å². The first-order valence-corrected chi connectivity index (χ1v) is 8.04. The van der Waals surface area contributed by atoms with E-state index in [4.69, 9.17) is 9.47 Å². The Morgan fingerprint density at radius 1 is 1.05 bits per heavy atom. The SMILES string of the molecule is CC(C)CN1CCN(C[C@H]2COc3ccccc3O2)CC1. The van der Waals surface area contributed by atoms with Gasteiger partial charge in [0.15, 0.2) is 11.5 Å². The molecule has 0 aromatic heterocycles. The highest BCUT2D eigenvalue weighted by Crippen LogP contribution is 2.31. The van der Waals surface area contributed by atoms with E-state index in [1.807, 2.05) is 24.3 Å². The second-order valence-electron chi connectivity index (χ2n) is 6.49. The minimum absolute atomic E-state index is 0.150. The third-order valence-electron chi connectivity index (χ3n) is 4.12. The predicted octanol–water partition coefficient (Wildman–Crippen LogP) is 2.10. The molecule has 21 heavy (non-hydrogen) atoms. The largest absolute Gasteiger partial charge is 0.486 e. The minimum Gasteiger partial charge on any atom is -0.486 e. The highest BCUT2D eigenvalue weighted by atomic mass is 16.6. The summed E-state index contributed by atoms with van der Waals surface area (Å²) in [6.45, 7) is 12.0. The molecule has 1 saturated heterocycles. The molecule has 2 aliphatic heterocycles. The van der Waals surface area contributed by atoms with Gasteiger partial charge in [-0.3, -0.25) is 4.90 Å². The lowest BCUT2D eigenvalue weighted by atomic mass is 10.2. The van der Waals surface area contributed by atoms with Crippen molar-refractivity contribution in [1.82, 2.24) is 9.80 Å². The topological polar surface area (TPSA) is 24.9 Å². The van der Waals surface area contributed by atoms with E-state index in [1.54, 1.807) is 0 Å². The van der Waals surface area contributed by atoms with Gasteiger partial charge in [0.2, 0.25) is 0 Å². The molecule has 116 valence electrons. The molecule has 0 spiro atoms. The second kappa shape index (κ2) is 6.67. The maximum Gasteiger partial charge on any atom is 0.161 e. The molecule has 0 amide bonds. The van der Waals surface area contributed by atoms with E-state index in [-0.39, 0.29) is 6.10 Å². The number of piperazine rings is 1. The lowest BCUT2D eigenvalue weighted by molar-refractivity contribution is 0.0386. The molecule has 0 N–H and O–H groups in total. The summed E-state index contributed by atoms with van der Waals surface area (Å²) < 4.78 is 11.8. The zero-order chi connectivity index (χ0) is 14.7. The number of benzene rings is 1. The van der Waals surface area contributed by atoms with Crippen LogP contribution in [0.3, 0.4) is 0 Å². The fourth-order valence-electron chi connectivity index (χ4n) is 3.11. The van der Waals surface area contributed by atoms with Gasteiger partial charge in [-0.2, -0.15) is 0 Å². The Bertz CT molecular complexity index is 456. The normalized spacial score (nSPS) is 23.5. The molecule has 1 aromatic rings. The van der Waals surface area contributed by atoms with Crippen molar-refractivity contribution in [3.8, 4) is 11.5 Å². The minimum atomic E-state index is 0.150. The van der Waals surface area contributed by atoms with Crippen LogP contribution in [0.4, 0.5) is 0 Å². The molecule has 1 aromatic carbocycles. The number of nitrogens with zero attached hydrogens (tertiary/aromatic N) is 2. The van der Waals surface area contributed by atoms with Crippen LogP contribution in [-0.2, 0) is 0 Å². The van der Waals surface area contributed by atoms with Crippen LogP contribution in [-0.4, -0.2) is 61.8 Å². The maximum absolute atomic E-state index is 6.05. The quantitative estimate of drug-likeness (QED) is 0.848. The summed E-state index contributed by atoms with van der Waals surface area (Å²) in [7, 11) is 0. The Labute approximate surface area is 127 Å². The first-order valence-electron chi connectivity index (χ1n) is 8.04. The third-order valence-corrected chi connectivity index (χ3v) is 4.12. The average molecular weight is 290 g/mol. The average Bonchev–Trinajstić information content (AvgIpc) is 2.49. The summed E-state index contributed by atoms with van der Waals surface area (Å²) in [6.07, 6.45) is 0.150. The second-order valence-corrected chi connectivity index (χ2v) is 6.49. The summed E-state index contributed by atoms with van der Waals surface area (Å²) in [5.41, 5.74) is 0. The number of fused-ring (bicyclic) bond motifs is 1. The Morgan fingerprint density at radius 2 is 1.71 bits per heavy atom. The molecule has 2 aliphatic rings. The molecular weight excluding hydrogens is 264 g/mol. The molecule has 1 atom stereocenters. The fourth-order valence-corrected chi connectivity index (χ4v) is 3.11. The first-order chi connectivity index (χ1) is 10.2. The Balaban J connectivity index is 1.46. The lowest BCUT2D eigenvalue weighted by Crippen LogP contribution is -2.51. The molecule has 0 saturated carbocycles. The number of para-hydroxylation sites is 2. The summed E-state index contributed by atoms with van der Waals surface area (Å²) >= 11 is 0. The van der Waals surface area contributed by atoms with Crippen LogP contribution >= 0.6 is 0 Å². The molecular formula is C17H26N2O2. The van der Waals surface area contributed by atoms with E-state index in [9.17, 15) is 0 Å². The lowest BCUT2D eigenvalue weighted by Gasteiger charge is -2.37. The molecule has 4 heteroatoms. The van der Waals surface area contributed by atoms with Crippen molar-refractivity contribution in [2.45, 2.75) is 20.0 Å². The van der Waals surface area contributed by atoms with E-state index >= 15 is 0 Å². The van der Waals surface area contributed by atoms with Crippen LogP contribution in [0, 0.1) is 5.92 Å². The van der Waals surface area contributed by atoms with Crippen LogP contribution in [0.2, 0.25) is 0 Å². The van der Waals surface area contributed by atoms with Crippen molar-refractivity contribution >= 4 is 0 Å². The summed E-state index contributed by atoms with van der Waals surface area (Å²) in [4.78, 5) is 5.06. The van der Waals surface area contributed by atoms with E-state index in [1.165, 1.54) is 19.6 Å². The number of hydrogen-bond acceptors (Lipinski definition) is 4. The molecule has 0 bridgehead atoms. The number of hydrogen-bond donors (Lipinski definition) is 0. The Kier molecular flexibility index (Phi) is 4.66. The molecule has 3 rings (SSSR count). The monoisotopic (exact) mass is 290 g/mol. The van der Waals surface area contributed by atoms with Gasteiger partial charge in [-0.15, -0.1) is 0 Å². The van der Waals surface area contributed by atoms with Crippen molar-refractivity contribution in [2.24, 2.45) is 5.92 Å². The summed E-state index contributed by atoms with van der Waals surface area (Å²) in [6, 6.07) is 7.93. The standard InChI is InChI=1S/C17H26N2O2/c1-14(2)11-18-7-9-19(10-8-18)12-15-13-20-16-5-3-4-6-17(16)21-15/h3-6,14-15H,7-13H2,1-2H3/t15-/m0/s1. The molecule has 1 fully saturated rings. The van der Waals surface area contributed by atoms with Gasteiger partial charge in [-0.25, -0.2) is 0 Å². The van der Waals surface area contributed by atoms with Crippen LogP contribution in [0.15, 0.2) is 24.3 Å². The fraction of sp³-hybridized carbons (Fsp3) is 0.647. The highest BCUT2D eigenvalue weighted by molar-refractivity contribution is 5.40. The van der Waals surface area contributed by atoms with Crippen LogP contribution < -0.4 is 9.47 Å². The van der Waals surface area contributed by atoms with Crippen molar-refractivity contribution in [3.05, 3.63) is 24.3 Å². The zero-order valence-corrected chi connectivity index (χ0v) is 13.1. The van der Waals surface area contributed by atoms with Crippen molar-refractivity contribution < 1.29 is 9.47 Å². The van der Waals surface area contributed by atoms with Gasteiger partial charge in [0.25, 0.3) is 0 Å². The highest BCUT2D eigenvalue weighted by Gasteiger charge is 2.25.